The summed E-state index contributed by atoms with van der Waals surface area (Å²) in [6.07, 6.45) is 6.41. The minimum absolute atomic E-state index is 0.0110. The van der Waals surface area contributed by atoms with Gasteiger partial charge in [-0.3, -0.25) is 4.98 Å². The van der Waals surface area contributed by atoms with E-state index in [1.165, 1.54) is 4.52 Å². The van der Waals surface area contributed by atoms with Gasteiger partial charge in [-0.2, -0.15) is 5.10 Å². The Labute approximate surface area is 185 Å². The average molecular weight is 450 g/mol. The third kappa shape index (κ3) is 3.42. The Morgan fingerprint density at radius 1 is 0.969 bits per heavy atom. The van der Waals surface area contributed by atoms with E-state index in [1.807, 2.05) is 6.07 Å². The number of anilines is 1. The smallest absolute Gasteiger partial charge is 0.182 e. The molecule has 0 amide bonds. The topological polar surface area (TPSA) is 94.9 Å². The summed E-state index contributed by atoms with van der Waals surface area (Å²) in [7, 11) is 0. The van der Waals surface area contributed by atoms with Gasteiger partial charge in [-0.05, 0) is 30.3 Å². The van der Waals surface area contributed by atoms with Crippen molar-refractivity contribution in [2.45, 2.75) is 6.42 Å². The molecule has 4 heterocycles. The normalized spacial score (nSPS) is 11.2. The van der Waals surface area contributed by atoms with Gasteiger partial charge in [0, 0.05) is 47.9 Å². The van der Waals surface area contributed by atoms with E-state index in [1.54, 1.807) is 43.0 Å². The molecule has 0 unspecified atom stereocenters. The average Bonchev–Trinajstić information content (AvgIpc) is 3.18. The maximum absolute atomic E-state index is 14.3. The number of rotatable bonds is 4. The summed E-state index contributed by atoms with van der Waals surface area (Å²) in [6, 6.07) is 9.16. The monoisotopic (exact) mass is 449 g/mol. The molecule has 0 saturated heterocycles. The SMILES string of the molecule is Nc1nc(-c2nc(Cc3c(F)ccc(F)c3Cl)n3ncccc23)ncc1-c1cccnc1. The zero-order valence-electron chi connectivity index (χ0n) is 16.4. The van der Waals surface area contributed by atoms with E-state index in [0.717, 1.165) is 17.7 Å². The van der Waals surface area contributed by atoms with Crippen LogP contribution in [0.25, 0.3) is 28.2 Å². The van der Waals surface area contributed by atoms with Crippen molar-refractivity contribution in [3.05, 3.63) is 89.2 Å². The number of aromatic nitrogens is 6. The largest absolute Gasteiger partial charge is 0.383 e. The molecule has 0 radical (unpaired) electrons. The van der Waals surface area contributed by atoms with Crippen LogP contribution < -0.4 is 5.73 Å². The van der Waals surface area contributed by atoms with Crippen molar-refractivity contribution < 1.29 is 8.78 Å². The molecule has 10 heteroatoms. The number of hydrogen-bond donors (Lipinski definition) is 1. The first-order valence-electron chi connectivity index (χ1n) is 9.51. The molecule has 0 fully saturated rings. The number of nitrogens with zero attached hydrogens (tertiary/aromatic N) is 6. The number of hydrogen-bond acceptors (Lipinski definition) is 6. The second-order valence-electron chi connectivity index (χ2n) is 6.93. The maximum Gasteiger partial charge on any atom is 0.182 e. The van der Waals surface area contributed by atoms with Gasteiger partial charge in [0.15, 0.2) is 5.82 Å². The predicted octanol–water partition coefficient (Wildman–Crippen LogP) is 4.35. The van der Waals surface area contributed by atoms with Crippen molar-refractivity contribution in [1.82, 2.24) is 29.5 Å². The fourth-order valence-corrected chi connectivity index (χ4v) is 3.63. The second kappa shape index (κ2) is 7.93. The molecule has 2 N–H and O–H groups in total. The summed E-state index contributed by atoms with van der Waals surface area (Å²) in [5.41, 5.74) is 8.59. The molecule has 0 bridgehead atoms. The van der Waals surface area contributed by atoms with Gasteiger partial charge in [0.1, 0.15) is 29.0 Å². The van der Waals surface area contributed by atoms with E-state index in [-0.39, 0.29) is 28.6 Å². The molecule has 4 aromatic heterocycles. The molecule has 0 spiro atoms. The Hall–Kier alpha value is -3.98. The number of benzene rings is 1. The van der Waals surface area contributed by atoms with Crippen molar-refractivity contribution in [3.8, 4) is 22.6 Å². The molecule has 0 aliphatic heterocycles. The van der Waals surface area contributed by atoms with E-state index in [0.29, 0.717) is 22.6 Å². The zero-order chi connectivity index (χ0) is 22.2. The lowest BCUT2D eigenvalue weighted by molar-refractivity contribution is 0.587. The fourth-order valence-electron chi connectivity index (χ4n) is 3.41. The highest BCUT2D eigenvalue weighted by molar-refractivity contribution is 6.31. The van der Waals surface area contributed by atoms with Gasteiger partial charge >= 0.3 is 0 Å². The van der Waals surface area contributed by atoms with Gasteiger partial charge in [0.05, 0.1) is 10.5 Å². The van der Waals surface area contributed by atoms with Crippen LogP contribution in [0.15, 0.2) is 61.2 Å². The molecule has 32 heavy (non-hydrogen) atoms. The lowest BCUT2D eigenvalue weighted by Gasteiger charge is -2.06. The molecule has 7 nitrogen and oxygen atoms in total. The fraction of sp³-hybridized carbons (Fsp3) is 0.0455. The molecule has 5 aromatic rings. The molecule has 0 atom stereocenters. The van der Waals surface area contributed by atoms with Crippen LogP contribution in [-0.4, -0.2) is 29.5 Å². The van der Waals surface area contributed by atoms with Crippen LogP contribution in [0.5, 0.6) is 0 Å². The summed E-state index contributed by atoms with van der Waals surface area (Å²) in [5, 5.41) is 4.00. The standard InChI is InChI=1S/C22H14ClF2N7/c23-19-13(15(24)5-6-16(19)25)9-18-30-20(17-4-2-8-29-32(17)18)22-28-11-14(21(26)31-22)12-3-1-7-27-10-12/h1-8,10-11H,9H2,(H2,26,28,31). The van der Waals surface area contributed by atoms with Crippen LogP contribution in [0.4, 0.5) is 14.6 Å². The Morgan fingerprint density at radius 3 is 2.56 bits per heavy atom. The van der Waals surface area contributed by atoms with Gasteiger partial charge in [0.25, 0.3) is 0 Å². The third-order valence-corrected chi connectivity index (χ3v) is 5.36. The molecular weight excluding hydrogens is 436 g/mol. The summed E-state index contributed by atoms with van der Waals surface area (Å²) in [4.78, 5) is 17.5. The quantitative estimate of drug-likeness (QED) is 0.410. The van der Waals surface area contributed by atoms with E-state index in [2.05, 4.69) is 25.0 Å². The van der Waals surface area contributed by atoms with Crippen molar-refractivity contribution in [1.29, 1.82) is 0 Å². The van der Waals surface area contributed by atoms with Crippen LogP contribution in [0, 0.1) is 11.6 Å². The number of halogens is 3. The van der Waals surface area contributed by atoms with Gasteiger partial charge in [-0.1, -0.05) is 17.7 Å². The Morgan fingerprint density at radius 2 is 1.78 bits per heavy atom. The Balaban J connectivity index is 1.61. The predicted molar refractivity (Wildman–Crippen MR) is 116 cm³/mol. The summed E-state index contributed by atoms with van der Waals surface area (Å²) >= 11 is 6.00. The van der Waals surface area contributed by atoms with Gasteiger partial charge < -0.3 is 5.73 Å². The lowest BCUT2D eigenvalue weighted by Crippen LogP contribution is -2.02. The number of nitrogen functional groups attached to an aromatic ring is 1. The molecular formula is C22H14ClF2N7. The summed E-state index contributed by atoms with van der Waals surface area (Å²) in [6.45, 7) is 0. The molecule has 158 valence electrons. The molecule has 5 rings (SSSR count). The van der Waals surface area contributed by atoms with Gasteiger partial charge in [0.2, 0.25) is 0 Å². The highest BCUT2D eigenvalue weighted by Gasteiger charge is 2.20. The van der Waals surface area contributed by atoms with Gasteiger partial charge in [-0.15, -0.1) is 0 Å². The number of nitrogens with two attached hydrogens (primary N) is 1. The third-order valence-electron chi connectivity index (χ3n) is 4.95. The van der Waals surface area contributed by atoms with Crippen molar-refractivity contribution in [2.75, 3.05) is 5.73 Å². The van der Waals surface area contributed by atoms with E-state index < -0.39 is 11.6 Å². The van der Waals surface area contributed by atoms with Crippen LogP contribution in [0.3, 0.4) is 0 Å². The number of fused-ring (bicyclic) bond motifs is 1. The number of pyridine rings is 1. The second-order valence-corrected chi connectivity index (χ2v) is 7.31. The summed E-state index contributed by atoms with van der Waals surface area (Å²) in [5.74, 6) is -0.460. The van der Waals surface area contributed by atoms with Crippen molar-refractivity contribution in [3.63, 3.8) is 0 Å². The van der Waals surface area contributed by atoms with E-state index >= 15 is 0 Å². The van der Waals surface area contributed by atoms with E-state index in [9.17, 15) is 8.78 Å². The maximum atomic E-state index is 14.3. The van der Waals surface area contributed by atoms with Gasteiger partial charge in [-0.25, -0.2) is 28.2 Å². The molecule has 0 aliphatic carbocycles. The first kappa shape index (κ1) is 20.0. The highest BCUT2D eigenvalue weighted by atomic mass is 35.5. The summed E-state index contributed by atoms with van der Waals surface area (Å²) < 4.78 is 29.8. The Bertz CT molecular complexity index is 1450. The number of imidazole rings is 1. The van der Waals surface area contributed by atoms with Crippen molar-refractivity contribution in [2.24, 2.45) is 0 Å². The first-order valence-corrected chi connectivity index (χ1v) is 9.89. The van der Waals surface area contributed by atoms with E-state index in [4.69, 9.17) is 17.3 Å². The molecule has 0 saturated carbocycles. The lowest BCUT2D eigenvalue weighted by atomic mass is 10.1. The molecule has 0 aliphatic rings. The minimum Gasteiger partial charge on any atom is -0.383 e. The highest BCUT2D eigenvalue weighted by Crippen LogP contribution is 2.29. The zero-order valence-corrected chi connectivity index (χ0v) is 17.1. The van der Waals surface area contributed by atoms with Crippen LogP contribution in [-0.2, 0) is 6.42 Å². The van der Waals surface area contributed by atoms with Crippen molar-refractivity contribution >= 4 is 22.9 Å². The molecule has 1 aromatic carbocycles. The van der Waals surface area contributed by atoms with Crippen LogP contribution in [0.1, 0.15) is 11.4 Å². The van der Waals surface area contributed by atoms with Crippen LogP contribution in [0.2, 0.25) is 5.02 Å². The first-order chi connectivity index (χ1) is 15.5. The van der Waals surface area contributed by atoms with Crippen LogP contribution >= 0.6 is 11.6 Å². The Kier molecular flexibility index (Phi) is 4.95. The minimum atomic E-state index is -0.709.